The normalized spacial score (nSPS) is 9.35. The van der Waals surface area contributed by atoms with E-state index in [9.17, 15) is 4.79 Å². The van der Waals surface area contributed by atoms with Crippen LogP contribution in [-0.4, -0.2) is 27.8 Å². The molecule has 0 saturated heterocycles. The first-order valence-corrected chi connectivity index (χ1v) is 5.44. The second-order valence-electron chi connectivity index (χ2n) is 3.24. The van der Waals surface area contributed by atoms with Crippen LogP contribution in [-0.2, 0) is 0 Å². The number of nitrogens with two attached hydrogens (primary N) is 1. The summed E-state index contributed by atoms with van der Waals surface area (Å²) in [6.07, 6.45) is 2.04. The Bertz CT molecular complexity index is 380. The highest BCUT2D eigenvalue weighted by atomic mass is 35.5. The number of aromatic hydroxyl groups is 2. The molecule has 0 atom stereocenters. The van der Waals surface area contributed by atoms with Gasteiger partial charge in [-0.3, -0.25) is 4.79 Å². The first-order valence-electron chi connectivity index (χ1n) is 5.06. The lowest BCUT2D eigenvalue weighted by molar-refractivity contribution is 0.1000. The van der Waals surface area contributed by atoms with Gasteiger partial charge in [-0.05, 0) is 18.6 Å². The van der Waals surface area contributed by atoms with E-state index < -0.39 is 11.7 Å². The Kier molecular flexibility index (Phi) is 7.09. The molecule has 1 rings (SSSR count). The fourth-order valence-electron chi connectivity index (χ4n) is 0.903. The third kappa shape index (κ3) is 4.93. The standard InChI is InChI=1S/C7H6ClNO3.C4H10O/c8-5-3(7(9)12)1-2-4(10)6(5)11;1-2-3-4-5/h1-2,10-11H,(H2,9,12);5H,2-4H2,1H3. The van der Waals surface area contributed by atoms with Gasteiger partial charge in [-0.15, -0.1) is 0 Å². The molecule has 1 aromatic rings. The van der Waals surface area contributed by atoms with Gasteiger partial charge in [0.1, 0.15) is 0 Å². The Morgan fingerprint density at radius 2 is 2.00 bits per heavy atom. The zero-order valence-corrected chi connectivity index (χ0v) is 10.2. The van der Waals surface area contributed by atoms with Crippen molar-refractivity contribution in [2.75, 3.05) is 6.61 Å². The van der Waals surface area contributed by atoms with Crippen LogP contribution in [0.4, 0.5) is 0 Å². The fourth-order valence-corrected chi connectivity index (χ4v) is 1.16. The number of hydrogen-bond acceptors (Lipinski definition) is 4. The molecule has 0 aliphatic heterocycles. The van der Waals surface area contributed by atoms with Gasteiger partial charge >= 0.3 is 0 Å². The van der Waals surface area contributed by atoms with Crippen LogP contribution in [0.25, 0.3) is 0 Å². The molecule has 96 valence electrons. The molecule has 0 bridgehead atoms. The molecular formula is C11H16ClNO4. The molecule has 0 unspecified atom stereocenters. The summed E-state index contributed by atoms with van der Waals surface area (Å²) in [5, 5.41) is 25.8. The minimum Gasteiger partial charge on any atom is -0.504 e. The largest absolute Gasteiger partial charge is 0.504 e. The van der Waals surface area contributed by atoms with Crippen LogP contribution in [0.15, 0.2) is 12.1 Å². The van der Waals surface area contributed by atoms with Crippen molar-refractivity contribution in [3.63, 3.8) is 0 Å². The van der Waals surface area contributed by atoms with Gasteiger partial charge in [-0.25, -0.2) is 0 Å². The van der Waals surface area contributed by atoms with E-state index in [0.717, 1.165) is 18.9 Å². The number of phenolic OH excluding ortho intramolecular Hbond substituents is 2. The van der Waals surface area contributed by atoms with Gasteiger partial charge in [0, 0.05) is 6.61 Å². The Morgan fingerprint density at radius 3 is 2.35 bits per heavy atom. The van der Waals surface area contributed by atoms with Crippen molar-refractivity contribution in [1.29, 1.82) is 0 Å². The number of carbonyl (C=O) groups excluding carboxylic acids is 1. The maximum Gasteiger partial charge on any atom is 0.250 e. The summed E-state index contributed by atoms with van der Waals surface area (Å²) in [6.45, 7) is 2.40. The molecule has 6 heteroatoms. The van der Waals surface area contributed by atoms with Crippen LogP contribution >= 0.6 is 11.6 Å². The number of halogens is 1. The van der Waals surface area contributed by atoms with E-state index in [1.54, 1.807) is 0 Å². The van der Waals surface area contributed by atoms with Gasteiger partial charge in [0.15, 0.2) is 11.5 Å². The Hall–Kier alpha value is -1.46. The second-order valence-corrected chi connectivity index (χ2v) is 3.61. The minimum atomic E-state index is -0.754. The smallest absolute Gasteiger partial charge is 0.250 e. The molecular weight excluding hydrogens is 246 g/mol. The molecule has 0 aliphatic carbocycles. The molecule has 0 aromatic heterocycles. The van der Waals surface area contributed by atoms with E-state index in [1.165, 1.54) is 6.07 Å². The van der Waals surface area contributed by atoms with Crippen LogP contribution in [0.5, 0.6) is 11.5 Å². The molecule has 5 N–H and O–H groups in total. The number of hydrogen-bond donors (Lipinski definition) is 4. The van der Waals surface area contributed by atoms with Gasteiger partial charge in [0.05, 0.1) is 10.6 Å². The third-order valence-electron chi connectivity index (χ3n) is 1.87. The Balaban J connectivity index is 0.000000437. The molecule has 5 nitrogen and oxygen atoms in total. The number of primary amides is 1. The topological polar surface area (TPSA) is 104 Å². The molecule has 0 heterocycles. The van der Waals surface area contributed by atoms with E-state index in [0.29, 0.717) is 6.61 Å². The van der Waals surface area contributed by atoms with E-state index in [2.05, 4.69) is 6.92 Å². The maximum absolute atomic E-state index is 10.6. The Morgan fingerprint density at radius 1 is 1.41 bits per heavy atom. The highest BCUT2D eigenvalue weighted by Gasteiger charge is 2.13. The fraction of sp³-hybridized carbons (Fsp3) is 0.364. The first kappa shape index (κ1) is 15.5. The van der Waals surface area contributed by atoms with Gasteiger partial charge in [-0.1, -0.05) is 24.9 Å². The van der Waals surface area contributed by atoms with E-state index in [-0.39, 0.29) is 16.3 Å². The number of phenols is 2. The number of aliphatic hydroxyl groups excluding tert-OH is 1. The van der Waals surface area contributed by atoms with E-state index in [1.807, 2.05) is 0 Å². The quantitative estimate of drug-likeness (QED) is 0.621. The highest BCUT2D eigenvalue weighted by Crippen LogP contribution is 2.34. The lowest BCUT2D eigenvalue weighted by atomic mass is 10.2. The third-order valence-corrected chi connectivity index (χ3v) is 2.25. The molecule has 1 amide bonds. The lowest BCUT2D eigenvalue weighted by Crippen LogP contribution is -2.11. The van der Waals surface area contributed by atoms with Crippen molar-refractivity contribution in [2.24, 2.45) is 5.73 Å². The van der Waals surface area contributed by atoms with Gasteiger partial charge in [0.25, 0.3) is 0 Å². The highest BCUT2D eigenvalue weighted by molar-refractivity contribution is 6.35. The number of aliphatic hydroxyl groups is 1. The number of unbranched alkanes of at least 4 members (excludes halogenated alkanes) is 1. The van der Waals surface area contributed by atoms with Crippen molar-refractivity contribution in [2.45, 2.75) is 19.8 Å². The van der Waals surface area contributed by atoms with Crippen LogP contribution < -0.4 is 5.73 Å². The predicted octanol–water partition coefficient (Wildman–Crippen LogP) is 1.63. The van der Waals surface area contributed by atoms with Crippen LogP contribution in [0, 0.1) is 0 Å². The number of benzene rings is 1. The van der Waals surface area contributed by atoms with Gasteiger partial charge in [-0.2, -0.15) is 0 Å². The minimum absolute atomic E-state index is 0.0213. The predicted molar refractivity (Wildman–Crippen MR) is 65.3 cm³/mol. The summed E-state index contributed by atoms with van der Waals surface area (Å²) in [6, 6.07) is 2.38. The molecule has 0 saturated carbocycles. The van der Waals surface area contributed by atoms with Crippen molar-refractivity contribution in [1.82, 2.24) is 0 Å². The van der Waals surface area contributed by atoms with Crippen molar-refractivity contribution < 1.29 is 20.1 Å². The van der Waals surface area contributed by atoms with Crippen molar-refractivity contribution >= 4 is 17.5 Å². The van der Waals surface area contributed by atoms with E-state index in [4.69, 9.17) is 32.7 Å². The van der Waals surface area contributed by atoms with Crippen LogP contribution in [0.3, 0.4) is 0 Å². The monoisotopic (exact) mass is 261 g/mol. The summed E-state index contributed by atoms with van der Waals surface area (Å²) in [5.74, 6) is -1.67. The molecule has 17 heavy (non-hydrogen) atoms. The van der Waals surface area contributed by atoms with Gasteiger partial charge in [0.2, 0.25) is 5.91 Å². The zero-order chi connectivity index (χ0) is 13.4. The van der Waals surface area contributed by atoms with Crippen molar-refractivity contribution in [3.8, 4) is 11.5 Å². The average molecular weight is 262 g/mol. The molecule has 0 radical (unpaired) electrons. The maximum atomic E-state index is 10.6. The summed E-state index contributed by atoms with van der Waals surface area (Å²) in [7, 11) is 0. The second kappa shape index (κ2) is 7.76. The number of carbonyl (C=O) groups is 1. The first-order chi connectivity index (χ1) is 7.95. The molecule has 0 aliphatic rings. The number of amides is 1. The average Bonchev–Trinajstić information content (AvgIpc) is 2.27. The summed E-state index contributed by atoms with van der Waals surface area (Å²) < 4.78 is 0. The summed E-state index contributed by atoms with van der Waals surface area (Å²) >= 11 is 5.48. The van der Waals surface area contributed by atoms with Crippen LogP contribution in [0.2, 0.25) is 5.02 Å². The summed E-state index contributed by atoms with van der Waals surface area (Å²) in [4.78, 5) is 10.6. The SMILES string of the molecule is CCCCO.NC(=O)c1ccc(O)c(O)c1Cl. The lowest BCUT2D eigenvalue weighted by Gasteiger charge is -2.02. The molecule has 0 spiro atoms. The zero-order valence-electron chi connectivity index (χ0n) is 9.48. The Labute approximate surface area is 104 Å². The number of rotatable bonds is 3. The van der Waals surface area contributed by atoms with Gasteiger partial charge < -0.3 is 21.1 Å². The van der Waals surface area contributed by atoms with Crippen molar-refractivity contribution in [3.05, 3.63) is 22.7 Å². The molecule has 1 aromatic carbocycles. The van der Waals surface area contributed by atoms with Crippen LogP contribution in [0.1, 0.15) is 30.1 Å². The summed E-state index contributed by atoms with van der Waals surface area (Å²) in [5.41, 5.74) is 4.90. The van der Waals surface area contributed by atoms with E-state index >= 15 is 0 Å². The molecule has 0 fully saturated rings.